The second-order valence-corrected chi connectivity index (χ2v) is 4.68. The van der Waals surface area contributed by atoms with E-state index in [9.17, 15) is 0 Å². The van der Waals surface area contributed by atoms with Gasteiger partial charge in [0.25, 0.3) is 0 Å². The van der Waals surface area contributed by atoms with Crippen LogP contribution in [0.1, 0.15) is 6.92 Å². The van der Waals surface area contributed by atoms with Gasteiger partial charge in [0, 0.05) is 23.8 Å². The topological polar surface area (TPSA) is 36.9 Å². The Morgan fingerprint density at radius 1 is 1.17 bits per heavy atom. The number of benzene rings is 1. The van der Waals surface area contributed by atoms with E-state index in [4.69, 9.17) is 18.9 Å². The molecule has 0 radical (unpaired) electrons. The highest BCUT2D eigenvalue weighted by Crippen LogP contribution is 2.32. The van der Waals surface area contributed by atoms with Crippen LogP contribution in [0.15, 0.2) is 23.1 Å². The summed E-state index contributed by atoms with van der Waals surface area (Å²) in [6.45, 7) is 2.51. The van der Waals surface area contributed by atoms with Crippen LogP contribution < -0.4 is 9.47 Å². The molecule has 0 spiro atoms. The van der Waals surface area contributed by atoms with Crippen molar-refractivity contribution in [1.29, 1.82) is 0 Å². The molecule has 0 N–H and O–H groups in total. The monoisotopic (exact) mass is 272 g/mol. The normalized spacial score (nSPS) is 12.2. The second kappa shape index (κ2) is 8.24. The summed E-state index contributed by atoms with van der Waals surface area (Å²) in [4.78, 5) is 1.08. The van der Waals surface area contributed by atoms with Crippen molar-refractivity contribution in [3.63, 3.8) is 0 Å². The summed E-state index contributed by atoms with van der Waals surface area (Å²) in [5.41, 5.74) is 0. The van der Waals surface area contributed by atoms with E-state index >= 15 is 0 Å². The third-order valence-corrected chi connectivity index (χ3v) is 3.42. The van der Waals surface area contributed by atoms with Gasteiger partial charge in [-0.25, -0.2) is 0 Å². The van der Waals surface area contributed by atoms with Crippen LogP contribution in [0.3, 0.4) is 0 Å². The van der Waals surface area contributed by atoms with Crippen LogP contribution in [0.4, 0.5) is 0 Å². The minimum atomic E-state index is -0.164. The molecular weight excluding hydrogens is 252 g/mol. The number of ether oxygens (including phenoxy) is 4. The summed E-state index contributed by atoms with van der Waals surface area (Å²) in [5, 5.41) is 0. The predicted molar refractivity (Wildman–Crippen MR) is 72.7 cm³/mol. The molecule has 1 unspecified atom stereocenters. The van der Waals surface area contributed by atoms with Crippen LogP contribution in [0.5, 0.6) is 11.5 Å². The molecule has 102 valence electrons. The van der Waals surface area contributed by atoms with Crippen molar-refractivity contribution in [2.45, 2.75) is 18.1 Å². The lowest BCUT2D eigenvalue weighted by atomic mass is 10.3. The Morgan fingerprint density at radius 3 is 2.56 bits per heavy atom. The lowest BCUT2D eigenvalue weighted by molar-refractivity contribution is -0.105. The van der Waals surface area contributed by atoms with E-state index in [1.807, 2.05) is 25.1 Å². The zero-order valence-electron chi connectivity index (χ0n) is 11.3. The van der Waals surface area contributed by atoms with Gasteiger partial charge in [-0.1, -0.05) is 0 Å². The molecule has 0 heterocycles. The molecule has 0 bridgehead atoms. The zero-order chi connectivity index (χ0) is 13.4. The van der Waals surface area contributed by atoms with E-state index in [0.717, 1.165) is 22.1 Å². The molecule has 1 aromatic carbocycles. The zero-order valence-corrected chi connectivity index (χ0v) is 12.1. The average Bonchev–Trinajstić information content (AvgIpc) is 2.43. The van der Waals surface area contributed by atoms with Gasteiger partial charge in [-0.15, -0.1) is 11.8 Å². The van der Waals surface area contributed by atoms with Gasteiger partial charge >= 0.3 is 0 Å². The highest BCUT2D eigenvalue weighted by molar-refractivity contribution is 7.99. The first-order chi connectivity index (χ1) is 8.71. The molecule has 5 heteroatoms. The molecule has 4 nitrogen and oxygen atoms in total. The van der Waals surface area contributed by atoms with E-state index in [0.29, 0.717) is 6.61 Å². The molecule has 0 aliphatic rings. The van der Waals surface area contributed by atoms with Gasteiger partial charge in [0.1, 0.15) is 11.5 Å². The summed E-state index contributed by atoms with van der Waals surface area (Å²) < 4.78 is 20.9. The third-order valence-electron chi connectivity index (χ3n) is 2.40. The van der Waals surface area contributed by atoms with Crippen molar-refractivity contribution in [1.82, 2.24) is 0 Å². The maximum atomic E-state index is 5.42. The average molecular weight is 272 g/mol. The smallest absolute Gasteiger partial charge is 0.154 e. The lowest BCUT2D eigenvalue weighted by Gasteiger charge is -2.12. The molecule has 0 aliphatic heterocycles. The molecule has 0 aromatic heterocycles. The van der Waals surface area contributed by atoms with Crippen LogP contribution in [-0.2, 0) is 9.47 Å². The molecule has 1 rings (SSSR count). The first kappa shape index (κ1) is 15.1. The van der Waals surface area contributed by atoms with E-state index < -0.39 is 0 Å². The molecule has 18 heavy (non-hydrogen) atoms. The van der Waals surface area contributed by atoms with Crippen LogP contribution >= 0.6 is 11.8 Å². The molecule has 1 atom stereocenters. The predicted octanol–water partition coefficient (Wildman–Crippen LogP) is 2.80. The van der Waals surface area contributed by atoms with Gasteiger partial charge in [-0.3, -0.25) is 0 Å². The Bertz CT molecular complexity index is 357. The highest BCUT2D eigenvalue weighted by Gasteiger charge is 2.06. The standard InChI is InChI=1S/C13H20O4S/c1-10(14-2)17-7-8-18-13-6-5-11(15-3)9-12(13)16-4/h5-6,9-10H,7-8H2,1-4H3. The van der Waals surface area contributed by atoms with Crippen molar-refractivity contribution in [2.24, 2.45) is 0 Å². The van der Waals surface area contributed by atoms with Gasteiger partial charge in [-0.2, -0.15) is 0 Å². The second-order valence-electron chi connectivity index (χ2n) is 3.54. The fraction of sp³-hybridized carbons (Fsp3) is 0.538. The van der Waals surface area contributed by atoms with Crippen LogP contribution in [0.25, 0.3) is 0 Å². The largest absolute Gasteiger partial charge is 0.497 e. The summed E-state index contributed by atoms with van der Waals surface area (Å²) in [6, 6.07) is 5.78. The van der Waals surface area contributed by atoms with E-state index in [1.54, 1.807) is 33.1 Å². The number of methoxy groups -OCH3 is 3. The van der Waals surface area contributed by atoms with Gasteiger partial charge in [0.05, 0.1) is 20.8 Å². The van der Waals surface area contributed by atoms with Crippen molar-refractivity contribution >= 4 is 11.8 Å². The summed E-state index contributed by atoms with van der Waals surface area (Å²) in [6.07, 6.45) is -0.164. The lowest BCUT2D eigenvalue weighted by Crippen LogP contribution is -2.12. The summed E-state index contributed by atoms with van der Waals surface area (Å²) >= 11 is 1.68. The van der Waals surface area contributed by atoms with Gasteiger partial charge in [-0.05, 0) is 19.1 Å². The molecule has 0 saturated heterocycles. The molecule has 0 saturated carbocycles. The number of hydrogen-bond donors (Lipinski definition) is 0. The van der Waals surface area contributed by atoms with Crippen LogP contribution in [0.2, 0.25) is 0 Å². The summed E-state index contributed by atoms with van der Waals surface area (Å²) in [7, 11) is 4.92. The van der Waals surface area contributed by atoms with E-state index in [1.165, 1.54) is 0 Å². The molecule has 0 amide bonds. The van der Waals surface area contributed by atoms with Gasteiger partial charge < -0.3 is 18.9 Å². The Morgan fingerprint density at radius 2 is 1.94 bits per heavy atom. The Kier molecular flexibility index (Phi) is 6.93. The number of rotatable bonds is 8. The molecule has 0 aliphatic carbocycles. The van der Waals surface area contributed by atoms with Crippen molar-refractivity contribution in [3.05, 3.63) is 18.2 Å². The Hall–Kier alpha value is -0.910. The minimum absolute atomic E-state index is 0.164. The van der Waals surface area contributed by atoms with Gasteiger partial charge in [0.2, 0.25) is 0 Å². The highest BCUT2D eigenvalue weighted by atomic mass is 32.2. The quantitative estimate of drug-likeness (QED) is 0.413. The van der Waals surface area contributed by atoms with E-state index in [2.05, 4.69) is 0 Å². The fourth-order valence-electron chi connectivity index (χ4n) is 1.33. The first-order valence-electron chi connectivity index (χ1n) is 5.70. The molecule has 1 aromatic rings. The minimum Gasteiger partial charge on any atom is -0.497 e. The van der Waals surface area contributed by atoms with Crippen molar-refractivity contribution < 1.29 is 18.9 Å². The maximum absolute atomic E-state index is 5.42. The van der Waals surface area contributed by atoms with E-state index in [-0.39, 0.29) is 6.29 Å². The Labute approximate surface area is 113 Å². The van der Waals surface area contributed by atoms with Crippen LogP contribution in [0, 0.1) is 0 Å². The number of hydrogen-bond acceptors (Lipinski definition) is 5. The number of thioether (sulfide) groups is 1. The fourth-order valence-corrected chi connectivity index (χ4v) is 2.18. The first-order valence-corrected chi connectivity index (χ1v) is 6.69. The third kappa shape index (κ3) is 4.76. The molecule has 0 fully saturated rings. The maximum Gasteiger partial charge on any atom is 0.154 e. The van der Waals surface area contributed by atoms with Crippen LogP contribution in [-0.4, -0.2) is 40.0 Å². The Balaban J connectivity index is 2.46. The molecular formula is C13H20O4S. The van der Waals surface area contributed by atoms with Crippen molar-refractivity contribution in [3.8, 4) is 11.5 Å². The SMILES string of the molecule is COc1ccc(SCCOC(C)OC)c(OC)c1. The van der Waals surface area contributed by atoms with Gasteiger partial charge in [0.15, 0.2) is 6.29 Å². The summed E-state index contributed by atoms with van der Waals surface area (Å²) in [5.74, 6) is 2.45. The van der Waals surface area contributed by atoms with Crippen molar-refractivity contribution in [2.75, 3.05) is 33.7 Å².